The van der Waals surface area contributed by atoms with Crippen LogP contribution in [0.1, 0.15) is 69.4 Å². The molecule has 0 saturated heterocycles. The van der Waals surface area contributed by atoms with Crippen LogP contribution in [-0.4, -0.2) is 45.3 Å². The SMILES string of the molecule is CCN(C)C(=O)c1cnc(-c2ncc(C)nc2[C@H](C)NC(=O)c2cc(C(C)(F)F)cc(C(F)(F)F)c2)s1. The average Bonchev–Trinajstić information content (AvgIpc) is 3.31. The van der Waals surface area contributed by atoms with Crippen LogP contribution in [0.25, 0.3) is 10.7 Å². The number of thiazole rings is 1. The molecule has 1 atom stereocenters. The highest BCUT2D eigenvalue weighted by Gasteiger charge is 2.35. The van der Waals surface area contributed by atoms with Gasteiger partial charge in [-0.15, -0.1) is 11.3 Å². The summed E-state index contributed by atoms with van der Waals surface area (Å²) in [6.45, 7) is 5.95. The highest BCUT2D eigenvalue weighted by molar-refractivity contribution is 7.16. The molecule has 2 aromatic heterocycles. The molecule has 3 aromatic rings. The third-order valence-corrected chi connectivity index (χ3v) is 6.44. The Morgan fingerprint density at radius 3 is 2.32 bits per heavy atom. The van der Waals surface area contributed by atoms with Crippen LogP contribution in [0.5, 0.6) is 0 Å². The van der Waals surface area contributed by atoms with Crippen molar-refractivity contribution in [1.82, 2.24) is 25.2 Å². The molecule has 13 heteroatoms. The molecule has 2 heterocycles. The Morgan fingerprint density at radius 1 is 1.08 bits per heavy atom. The van der Waals surface area contributed by atoms with Crippen molar-refractivity contribution in [2.75, 3.05) is 13.6 Å². The second kappa shape index (κ2) is 10.5. The maximum Gasteiger partial charge on any atom is 0.416 e. The van der Waals surface area contributed by atoms with Crippen LogP contribution in [0.4, 0.5) is 22.0 Å². The predicted molar refractivity (Wildman–Crippen MR) is 127 cm³/mol. The Balaban J connectivity index is 1.96. The van der Waals surface area contributed by atoms with Gasteiger partial charge in [0.25, 0.3) is 17.7 Å². The molecule has 0 aliphatic carbocycles. The largest absolute Gasteiger partial charge is 0.416 e. The van der Waals surface area contributed by atoms with Gasteiger partial charge in [0.15, 0.2) is 0 Å². The van der Waals surface area contributed by atoms with Gasteiger partial charge in [-0.1, -0.05) is 0 Å². The molecular formula is C24H24F5N5O2S. The quantitative estimate of drug-likeness (QED) is 0.392. The minimum Gasteiger partial charge on any atom is -0.344 e. The van der Waals surface area contributed by atoms with Gasteiger partial charge in [-0.3, -0.25) is 14.6 Å². The van der Waals surface area contributed by atoms with Gasteiger partial charge >= 0.3 is 6.18 Å². The molecule has 0 bridgehead atoms. The van der Waals surface area contributed by atoms with Crippen LogP contribution in [0.3, 0.4) is 0 Å². The lowest BCUT2D eigenvalue weighted by Gasteiger charge is -2.19. The normalized spacial score (nSPS) is 12.8. The van der Waals surface area contributed by atoms with Crippen LogP contribution in [0.2, 0.25) is 0 Å². The zero-order chi connectivity index (χ0) is 27.7. The fourth-order valence-corrected chi connectivity index (χ4v) is 4.22. The number of aryl methyl sites for hydroxylation is 1. The molecule has 0 aliphatic rings. The number of nitrogens with one attached hydrogen (secondary N) is 1. The van der Waals surface area contributed by atoms with E-state index >= 15 is 0 Å². The molecular weight excluding hydrogens is 517 g/mol. The molecule has 198 valence electrons. The predicted octanol–water partition coefficient (Wildman–Crippen LogP) is 5.62. The molecule has 3 rings (SSSR count). The molecule has 2 amide bonds. The summed E-state index contributed by atoms with van der Waals surface area (Å²) < 4.78 is 67.7. The van der Waals surface area contributed by atoms with E-state index < -0.39 is 40.7 Å². The van der Waals surface area contributed by atoms with E-state index in [0.29, 0.717) is 41.2 Å². The average molecular weight is 542 g/mol. The van der Waals surface area contributed by atoms with E-state index in [1.807, 2.05) is 6.92 Å². The first-order chi connectivity index (χ1) is 17.1. The van der Waals surface area contributed by atoms with E-state index in [1.54, 1.807) is 14.0 Å². The highest BCUT2D eigenvalue weighted by Crippen LogP contribution is 2.36. The van der Waals surface area contributed by atoms with Crippen molar-refractivity contribution in [2.24, 2.45) is 0 Å². The summed E-state index contributed by atoms with van der Waals surface area (Å²) >= 11 is 1.07. The summed E-state index contributed by atoms with van der Waals surface area (Å²) in [6.07, 6.45) is -2.06. The summed E-state index contributed by atoms with van der Waals surface area (Å²) in [6, 6.07) is 0.671. The van der Waals surface area contributed by atoms with Gasteiger partial charge in [-0.05, 0) is 39.0 Å². The van der Waals surface area contributed by atoms with E-state index in [1.165, 1.54) is 24.2 Å². The topological polar surface area (TPSA) is 88.1 Å². The number of rotatable bonds is 7. The second-order valence-electron chi connectivity index (χ2n) is 8.47. The van der Waals surface area contributed by atoms with E-state index in [2.05, 4.69) is 20.3 Å². The van der Waals surface area contributed by atoms with Crippen LogP contribution in [0.15, 0.2) is 30.6 Å². The van der Waals surface area contributed by atoms with Crippen molar-refractivity contribution in [3.63, 3.8) is 0 Å². The summed E-state index contributed by atoms with van der Waals surface area (Å²) in [4.78, 5) is 40.2. The zero-order valence-electron chi connectivity index (χ0n) is 20.6. The van der Waals surface area contributed by atoms with Gasteiger partial charge in [-0.25, -0.2) is 18.7 Å². The van der Waals surface area contributed by atoms with Crippen LogP contribution in [0, 0.1) is 6.92 Å². The van der Waals surface area contributed by atoms with Crippen LogP contribution < -0.4 is 5.32 Å². The molecule has 0 aliphatic heterocycles. The van der Waals surface area contributed by atoms with Crippen LogP contribution >= 0.6 is 11.3 Å². The van der Waals surface area contributed by atoms with E-state index in [-0.39, 0.29) is 17.3 Å². The minimum atomic E-state index is -4.93. The van der Waals surface area contributed by atoms with Crippen molar-refractivity contribution in [3.8, 4) is 10.7 Å². The second-order valence-corrected chi connectivity index (χ2v) is 9.51. The lowest BCUT2D eigenvalue weighted by atomic mass is 10.0. The van der Waals surface area contributed by atoms with Gasteiger partial charge < -0.3 is 10.2 Å². The number of hydrogen-bond donors (Lipinski definition) is 1. The summed E-state index contributed by atoms with van der Waals surface area (Å²) in [5.74, 6) is -4.83. The molecule has 37 heavy (non-hydrogen) atoms. The lowest BCUT2D eigenvalue weighted by molar-refractivity contribution is -0.137. The molecule has 7 nitrogen and oxygen atoms in total. The molecule has 1 N–H and O–H groups in total. The Morgan fingerprint density at radius 2 is 1.73 bits per heavy atom. The fraction of sp³-hybridized carbons (Fsp3) is 0.375. The Kier molecular flexibility index (Phi) is 7.96. The number of benzene rings is 1. The maximum atomic E-state index is 13.9. The summed E-state index contributed by atoms with van der Waals surface area (Å²) in [5.41, 5.74) is -1.87. The van der Waals surface area contributed by atoms with Gasteiger partial charge in [-0.2, -0.15) is 13.2 Å². The van der Waals surface area contributed by atoms with Crippen molar-refractivity contribution in [3.05, 3.63) is 63.5 Å². The molecule has 0 saturated carbocycles. The smallest absolute Gasteiger partial charge is 0.344 e. The third kappa shape index (κ3) is 6.45. The lowest BCUT2D eigenvalue weighted by Crippen LogP contribution is -2.29. The number of alkyl halides is 5. The number of nitrogens with zero attached hydrogens (tertiary/aromatic N) is 4. The molecule has 0 spiro atoms. The third-order valence-electron chi connectivity index (χ3n) is 5.45. The number of carbonyl (C=O) groups is 2. The maximum absolute atomic E-state index is 13.9. The van der Waals surface area contributed by atoms with Crippen LogP contribution in [-0.2, 0) is 12.1 Å². The van der Waals surface area contributed by atoms with Crippen molar-refractivity contribution in [1.29, 1.82) is 0 Å². The number of hydrogen-bond acceptors (Lipinski definition) is 6. The number of carbonyl (C=O) groups excluding carboxylic acids is 2. The summed E-state index contributed by atoms with van der Waals surface area (Å²) in [7, 11) is 1.64. The monoisotopic (exact) mass is 541 g/mol. The van der Waals surface area contributed by atoms with Crippen molar-refractivity contribution < 1.29 is 31.5 Å². The zero-order valence-corrected chi connectivity index (χ0v) is 21.4. The first-order valence-electron chi connectivity index (χ1n) is 11.1. The molecule has 0 fully saturated rings. The first-order valence-corrected chi connectivity index (χ1v) is 11.9. The molecule has 0 unspecified atom stereocenters. The summed E-state index contributed by atoms with van der Waals surface area (Å²) in [5, 5.41) is 2.86. The minimum absolute atomic E-state index is 0.234. The van der Waals surface area contributed by atoms with Crippen molar-refractivity contribution >= 4 is 23.2 Å². The molecule has 0 radical (unpaired) electrons. The van der Waals surface area contributed by atoms with E-state index in [0.717, 1.165) is 17.4 Å². The Labute approximate surface area is 213 Å². The number of amides is 2. The molecule has 1 aromatic carbocycles. The first kappa shape index (κ1) is 28.1. The van der Waals surface area contributed by atoms with E-state index in [4.69, 9.17) is 0 Å². The van der Waals surface area contributed by atoms with Gasteiger partial charge in [0.05, 0.1) is 29.2 Å². The van der Waals surface area contributed by atoms with Gasteiger partial charge in [0.2, 0.25) is 0 Å². The Bertz CT molecular complexity index is 1290. The van der Waals surface area contributed by atoms with E-state index in [9.17, 15) is 31.5 Å². The van der Waals surface area contributed by atoms with Gasteiger partial charge in [0, 0.05) is 37.8 Å². The number of aromatic nitrogens is 3. The van der Waals surface area contributed by atoms with Crippen molar-refractivity contribution in [2.45, 2.75) is 45.8 Å². The standard InChI is InChI=1S/C24H24F5N5O2S/c1-6-34(5)22(36)17-11-31-21(37-17)19-18(32-12(2)10-30-19)13(3)33-20(35)14-7-15(23(4,25)26)9-16(8-14)24(27,28)29/h7-11,13H,6H2,1-5H3,(H,33,35)/t13-/m0/s1. The Hall–Kier alpha value is -3.48. The van der Waals surface area contributed by atoms with Gasteiger partial charge in [0.1, 0.15) is 15.6 Å². The highest BCUT2D eigenvalue weighted by atomic mass is 32.1. The fourth-order valence-electron chi connectivity index (χ4n) is 3.30. The number of halogens is 5.